The number of furan rings is 1. The maximum absolute atomic E-state index is 13.5. The summed E-state index contributed by atoms with van der Waals surface area (Å²) in [6.07, 6.45) is 2.54. The van der Waals surface area contributed by atoms with Crippen LogP contribution in [0.2, 0.25) is 5.02 Å². The number of carbonyl (C=O) groups is 2. The maximum atomic E-state index is 13.5. The lowest BCUT2D eigenvalue weighted by Crippen LogP contribution is -2.32. The minimum atomic E-state index is -0.879. The van der Waals surface area contributed by atoms with E-state index < -0.39 is 23.5 Å². The third-order valence-electron chi connectivity index (χ3n) is 5.77. The summed E-state index contributed by atoms with van der Waals surface area (Å²) in [7, 11) is 1.43. The number of ether oxygens (including phenoxy) is 1. The van der Waals surface area contributed by atoms with Crippen LogP contribution < -0.4 is 4.74 Å². The Bertz CT molecular complexity index is 1260. The zero-order valence-corrected chi connectivity index (χ0v) is 19.1. The van der Waals surface area contributed by atoms with Crippen molar-refractivity contribution in [2.24, 2.45) is 0 Å². The molecule has 7 nitrogen and oxygen atoms in total. The zero-order valence-electron chi connectivity index (χ0n) is 18.3. The van der Waals surface area contributed by atoms with Gasteiger partial charge < -0.3 is 24.3 Å². The molecule has 0 radical (unpaired) electrons. The van der Waals surface area contributed by atoms with Crippen LogP contribution in [0.15, 0.2) is 58.2 Å². The normalized spacial score (nSPS) is 16.2. The van der Waals surface area contributed by atoms with E-state index in [9.17, 15) is 19.8 Å². The van der Waals surface area contributed by atoms with Crippen LogP contribution in [-0.4, -0.2) is 40.5 Å². The number of ketones is 1. The summed E-state index contributed by atoms with van der Waals surface area (Å²) in [6, 6.07) is 10.3. The average Bonchev–Trinajstić information content (AvgIpc) is 3.32. The van der Waals surface area contributed by atoms with Crippen molar-refractivity contribution >= 4 is 34.3 Å². The van der Waals surface area contributed by atoms with Crippen LogP contribution in [-0.2, 0) is 4.79 Å². The first-order chi connectivity index (χ1) is 15.8. The second-order valence-electron chi connectivity index (χ2n) is 7.92. The minimum absolute atomic E-state index is 0.0141. The van der Waals surface area contributed by atoms with Gasteiger partial charge in [0.1, 0.15) is 5.58 Å². The van der Waals surface area contributed by atoms with Gasteiger partial charge >= 0.3 is 0 Å². The van der Waals surface area contributed by atoms with Crippen molar-refractivity contribution in [3.63, 3.8) is 0 Å². The number of unbranched alkanes of at least 4 members (excludes halogenated alkanes) is 2. The summed E-state index contributed by atoms with van der Waals surface area (Å²) in [6.45, 7) is 2.39. The van der Waals surface area contributed by atoms with Gasteiger partial charge in [-0.2, -0.15) is 0 Å². The molecule has 4 rings (SSSR count). The molecule has 2 heterocycles. The average molecular weight is 470 g/mol. The quantitative estimate of drug-likeness (QED) is 0.330. The molecule has 3 aromatic rings. The van der Waals surface area contributed by atoms with Gasteiger partial charge in [0.15, 0.2) is 23.0 Å². The van der Waals surface area contributed by atoms with Crippen LogP contribution in [0.25, 0.3) is 11.0 Å². The number of hydrogen-bond donors (Lipinski definition) is 2. The molecule has 0 saturated carbocycles. The van der Waals surface area contributed by atoms with Gasteiger partial charge in [0, 0.05) is 17.0 Å². The summed E-state index contributed by atoms with van der Waals surface area (Å²) >= 11 is 6.04. The van der Waals surface area contributed by atoms with Gasteiger partial charge in [-0.25, -0.2) is 0 Å². The summed E-state index contributed by atoms with van der Waals surface area (Å²) in [5.41, 5.74) is 0.849. The number of carbonyl (C=O) groups excluding carboxylic acids is 2. The number of rotatable bonds is 8. The molecule has 1 amide bonds. The molecule has 8 heteroatoms. The van der Waals surface area contributed by atoms with Crippen molar-refractivity contribution in [1.29, 1.82) is 0 Å². The Hall–Kier alpha value is -3.45. The molecule has 2 aromatic carbocycles. The number of phenolic OH excluding ortho intramolecular Hbond substituents is 1. The van der Waals surface area contributed by atoms with Crippen LogP contribution in [0.3, 0.4) is 0 Å². The molecule has 1 atom stereocenters. The van der Waals surface area contributed by atoms with E-state index in [4.69, 9.17) is 20.8 Å². The Morgan fingerprint density at radius 2 is 1.94 bits per heavy atom. The maximum Gasteiger partial charge on any atom is 0.290 e. The smallest absolute Gasteiger partial charge is 0.290 e. The highest BCUT2D eigenvalue weighted by atomic mass is 35.5. The van der Waals surface area contributed by atoms with Gasteiger partial charge in [0.25, 0.3) is 5.91 Å². The number of nitrogens with zero attached hydrogens (tertiary/aromatic N) is 1. The summed E-state index contributed by atoms with van der Waals surface area (Å²) < 4.78 is 10.8. The number of amides is 1. The molecule has 1 unspecified atom stereocenters. The van der Waals surface area contributed by atoms with Crippen LogP contribution in [0, 0.1) is 0 Å². The van der Waals surface area contributed by atoms with E-state index in [1.54, 1.807) is 30.3 Å². The first kappa shape index (κ1) is 22.7. The number of Topliss-reactive ketones (excluding diaryl/α,β-unsaturated/α-hetero) is 1. The third-order valence-corrected chi connectivity index (χ3v) is 6.01. The van der Waals surface area contributed by atoms with E-state index in [-0.39, 0.29) is 22.8 Å². The summed E-state index contributed by atoms with van der Waals surface area (Å²) in [4.78, 5) is 28.0. The lowest BCUT2D eigenvalue weighted by Gasteiger charge is -2.27. The molecule has 172 valence electrons. The number of fused-ring (bicyclic) bond motifs is 1. The minimum Gasteiger partial charge on any atom is -0.504 e. The SMILES string of the molecule is CCCCCN1C(=O)C(O)=C(C(=O)c2cc3cc(Cl)ccc3o2)C1c1ccc(OC)c(O)c1. The zero-order chi connectivity index (χ0) is 23.7. The Balaban J connectivity index is 1.79. The van der Waals surface area contributed by atoms with Crippen LogP contribution in [0.1, 0.15) is 48.3 Å². The fraction of sp³-hybridized carbons (Fsp3) is 0.280. The number of aliphatic hydroxyl groups excluding tert-OH is 1. The molecule has 1 aliphatic rings. The highest BCUT2D eigenvalue weighted by molar-refractivity contribution is 6.31. The summed E-state index contributed by atoms with van der Waals surface area (Å²) in [5, 5.41) is 22.2. The van der Waals surface area contributed by atoms with Crippen molar-refractivity contribution in [1.82, 2.24) is 4.90 Å². The number of aliphatic hydroxyl groups is 1. The Morgan fingerprint density at radius 3 is 2.64 bits per heavy atom. The van der Waals surface area contributed by atoms with Gasteiger partial charge in [0.2, 0.25) is 5.78 Å². The van der Waals surface area contributed by atoms with E-state index in [0.29, 0.717) is 34.5 Å². The molecule has 1 aliphatic heterocycles. The standard InChI is InChI=1S/C25H24ClNO6/c1-3-4-5-10-27-22(14-6-8-19(32-2)17(28)12-14)21(24(30)25(27)31)23(29)20-13-15-11-16(26)7-9-18(15)33-20/h6-9,11-13,22,28,30H,3-5,10H2,1-2H3. The monoisotopic (exact) mass is 469 g/mol. The lowest BCUT2D eigenvalue weighted by atomic mass is 9.94. The molecule has 0 aliphatic carbocycles. The number of aromatic hydroxyl groups is 1. The first-order valence-corrected chi connectivity index (χ1v) is 11.1. The van der Waals surface area contributed by atoms with Crippen molar-refractivity contribution in [3.8, 4) is 11.5 Å². The fourth-order valence-corrected chi connectivity index (χ4v) is 4.31. The second kappa shape index (κ2) is 9.19. The predicted molar refractivity (Wildman–Crippen MR) is 124 cm³/mol. The van der Waals surface area contributed by atoms with Crippen LogP contribution in [0.4, 0.5) is 0 Å². The molecule has 0 spiro atoms. The second-order valence-corrected chi connectivity index (χ2v) is 8.36. The molecule has 0 saturated heterocycles. The largest absolute Gasteiger partial charge is 0.504 e. The van der Waals surface area contributed by atoms with Crippen LogP contribution >= 0.6 is 11.6 Å². The van der Waals surface area contributed by atoms with Crippen molar-refractivity contribution in [2.45, 2.75) is 32.2 Å². The molecular weight excluding hydrogens is 446 g/mol. The summed E-state index contributed by atoms with van der Waals surface area (Å²) in [5.74, 6) is -1.74. The predicted octanol–water partition coefficient (Wildman–Crippen LogP) is 5.57. The highest BCUT2D eigenvalue weighted by Gasteiger charge is 2.44. The van der Waals surface area contributed by atoms with Crippen molar-refractivity contribution in [3.05, 3.63) is 70.1 Å². The number of benzene rings is 2. The van der Waals surface area contributed by atoms with Gasteiger partial charge in [-0.1, -0.05) is 37.4 Å². The van der Waals surface area contributed by atoms with E-state index in [2.05, 4.69) is 0 Å². The van der Waals surface area contributed by atoms with Crippen molar-refractivity contribution < 1.29 is 29.0 Å². The number of hydrogen-bond acceptors (Lipinski definition) is 6. The third kappa shape index (κ3) is 4.16. The Kier molecular flexibility index (Phi) is 6.33. The highest BCUT2D eigenvalue weighted by Crippen LogP contribution is 2.42. The topological polar surface area (TPSA) is 100 Å². The van der Waals surface area contributed by atoms with Crippen LogP contribution in [0.5, 0.6) is 11.5 Å². The Morgan fingerprint density at radius 1 is 1.15 bits per heavy atom. The first-order valence-electron chi connectivity index (χ1n) is 10.7. The number of phenols is 1. The van der Waals surface area contributed by atoms with E-state index >= 15 is 0 Å². The molecule has 0 bridgehead atoms. The molecular formula is C25H24ClNO6. The fourth-order valence-electron chi connectivity index (χ4n) is 4.13. The van der Waals surface area contributed by atoms with Gasteiger partial charge in [0.05, 0.1) is 18.7 Å². The lowest BCUT2D eigenvalue weighted by molar-refractivity contribution is -0.129. The van der Waals surface area contributed by atoms with E-state index in [1.807, 2.05) is 6.92 Å². The van der Waals surface area contributed by atoms with E-state index in [1.165, 1.54) is 24.1 Å². The number of methoxy groups -OCH3 is 1. The molecule has 33 heavy (non-hydrogen) atoms. The van der Waals surface area contributed by atoms with Crippen molar-refractivity contribution in [2.75, 3.05) is 13.7 Å². The Labute approximate surface area is 195 Å². The van der Waals surface area contributed by atoms with E-state index in [0.717, 1.165) is 12.8 Å². The van der Waals surface area contributed by atoms with Gasteiger partial charge in [-0.15, -0.1) is 0 Å². The van der Waals surface area contributed by atoms with Gasteiger partial charge in [-0.05, 0) is 48.4 Å². The molecule has 0 fully saturated rings. The molecule has 2 N–H and O–H groups in total. The van der Waals surface area contributed by atoms with Gasteiger partial charge in [-0.3, -0.25) is 9.59 Å². The number of halogens is 1. The molecule has 1 aromatic heterocycles.